The van der Waals surface area contributed by atoms with Crippen molar-refractivity contribution < 1.29 is 0 Å². The molecule has 0 N–H and O–H groups in total. The Kier molecular flexibility index (Phi) is 6.30. The molecule has 0 atom stereocenters. The monoisotopic (exact) mass is 729 g/mol. The van der Waals surface area contributed by atoms with Crippen LogP contribution in [0.1, 0.15) is 0 Å². The molecule has 7 aromatic carbocycles. The van der Waals surface area contributed by atoms with Crippen LogP contribution in [-0.4, -0.2) is 27.8 Å². The Morgan fingerprint density at radius 2 is 1.12 bits per heavy atom. The van der Waals surface area contributed by atoms with Crippen LogP contribution in [0.25, 0.3) is 70.3 Å². The molecule has 0 saturated heterocycles. The average molecular weight is 728 g/mol. The van der Waals surface area contributed by atoms with E-state index >= 15 is 0 Å². The summed E-state index contributed by atoms with van der Waals surface area (Å²) in [7, 11) is 0. The number of nitrogens with zero attached hydrogens (tertiary/aromatic N) is 3. The minimum atomic E-state index is -3.70. The molecular formula is C46H29GeN3S. The minimum absolute atomic E-state index is 0.719. The number of rotatable bonds is 4. The second-order valence-corrected chi connectivity index (χ2v) is 22.1. The standard InChI is InChI=1S/C46H29GeN3S/c1-4-16-30(17-5-1)43-42-35-23-10-13-25-37(35)47(31-18-6-2-7-19-31,32-20-8-3-9-21-32)45(42)49-46(48-43)50-38-26-14-11-22-33(38)34-28-29-40-41(44(34)50)36-24-12-15-27-39(36)51-40/h1-29H. The van der Waals surface area contributed by atoms with Gasteiger partial charge in [-0.15, -0.1) is 0 Å². The Labute approximate surface area is 301 Å². The summed E-state index contributed by atoms with van der Waals surface area (Å²) < 4.78 is 10.2. The number of benzene rings is 7. The summed E-state index contributed by atoms with van der Waals surface area (Å²) in [5.41, 5.74) is 6.77. The molecule has 0 fully saturated rings. The van der Waals surface area contributed by atoms with Gasteiger partial charge in [-0.1, -0.05) is 0 Å². The summed E-state index contributed by atoms with van der Waals surface area (Å²) in [6, 6.07) is 64.2. The van der Waals surface area contributed by atoms with Crippen molar-refractivity contribution in [2.45, 2.75) is 0 Å². The quantitative estimate of drug-likeness (QED) is 0.170. The Morgan fingerprint density at radius 1 is 0.490 bits per heavy atom. The van der Waals surface area contributed by atoms with Gasteiger partial charge in [0.25, 0.3) is 0 Å². The van der Waals surface area contributed by atoms with E-state index in [-0.39, 0.29) is 0 Å². The number of thiophene rings is 1. The zero-order valence-electron chi connectivity index (χ0n) is 27.5. The number of hydrogen-bond acceptors (Lipinski definition) is 3. The fourth-order valence-electron chi connectivity index (χ4n) is 8.64. The average Bonchev–Trinajstić information content (AvgIpc) is 3.85. The molecule has 5 heteroatoms. The molecule has 0 bridgehead atoms. The van der Waals surface area contributed by atoms with Gasteiger partial charge in [0.1, 0.15) is 0 Å². The van der Waals surface area contributed by atoms with Gasteiger partial charge in [0.05, 0.1) is 0 Å². The number of fused-ring (bicyclic) bond motifs is 10. The van der Waals surface area contributed by atoms with E-state index in [1.54, 1.807) is 0 Å². The van der Waals surface area contributed by atoms with E-state index < -0.39 is 13.3 Å². The Balaban J connectivity index is 1.36. The van der Waals surface area contributed by atoms with Gasteiger partial charge in [-0.3, -0.25) is 0 Å². The topological polar surface area (TPSA) is 30.7 Å². The third-order valence-electron chi connectivity index (χ3n) is 10.7. The molecule has 10 aromatic rings. The first kappa shape index (κ1) is 29.0. The van der Waals surface area contributed by atoms with E-state index in [0.29, 0.717) is 0 Å². The van der Waals surface area contributed by atoms with Crippen LogP contribution < -0.4 is 17.7 Å². The van der Waals surface area contributed by atoms with Gasteiger partial charge in [0, 0.05) is 0 Å². The summed E-state index contributed by atoms with van der Waals surface area (Å²) >= 11 is -1.85. The first-order valence-corrected chi connectivity index (χ1v) is 22.4. The molecular weight excluding hydrogens is 699 g/mol. The summed E-state index contributed by atoms with van der Waals surface area (Å²) in [6.45, 7) is 0. The van der Waals surface area contributed by atoms with Crippen LogP contribution in [0.4, 0.5) is 0 Å². The van der Waals surface area contributed by atoms with Crippen molar-refractivity contribution in [3.63, 3.8) is 0 Å². The van der Waals surface area contributed by atoms with Gasteiger partial charge in [0.15, 0.2) is 0 Å². The third kappa shape index (κ3) is 4.00. The van der Waals surface area contributed by atoms with Gasteiger partial charge in [-0.05, 0) is 0 Å². The molecule has 11 rings (SSSR count). The van der Waals surface area contributed by atoms with Crippen LogP contribution in [0.2, 0.25) is 0 Å². The van der Waals surface area contributed by atoms with E-state index in [4.69, 9.17) is 9.97 Å². The van der Waals surface area contributed by atoms with E-state index in [2.05, 4.69) is 180 Å². The number of aromatic nitrogens is 3. The van der Waals surface area contributed by atoms with Crippen molar-refractivity contribution in [2.75, 3.05) is 0 Å². The van der Waals surface area contributed by atoms with Gasteiger partial charge >= 0.3 is 303 Å². The molecule has 0 spiro atoms. The second-order valence-electron chi connectivity index (χ2n) is 13.3. The van der Waals surface area contributed by atoms with Crippen LogP contribution in [-0.2, 0) is 0 Å². The second kappa shape index (κ2) is 11.1. The zero-order chi connectivity index (χ0) is 33.5. The molecule has 0 amide bonds. The van der Waals surface area contributed by atoms with Crippen LogP contribution >= 0.6 is 11.3 Å². The third-order valence-corrected chi connectivity index (χ3v) is 21.7. The van der Waals surface area contributed by atoms with Gasteiger partial charge < -0.3 is 0 Å². The van der Waals surface area contributed by atoms with E-state index in [1.807, 2.05) is 11.3 Å². The predicted molar refractivity (Wildman–Crippen MR) is 217 cm³/mol. The van der Waals surface area contributed by atoms with Crippen molar-refractivity contribution in [3.8, 4) is 28.3 Å². The molecule has 238 valence electrons. The molecule has 0 aliphatic carbocycles. The van der Waals surface area contributed by atoms with E-state index in [1.165, 1.54) is 59.8 Å². The Morgan fingerprint density at radius 3 is 1.88 bits per heavy atom. The zero-order valence-corrected chi connectivity index (χ0v) is 30.4. The normalized spacial score (nSPS) is 13.3. The fourth-order valence-corrected chi connectivity index (χ4v) is 20.2. The van der Waals surface area contributed by atoms with E-state index in [9.17, 15) is 0 Å². The van der Waals surface area contributed by atoms with Crippen molar-refractivity contribution in [2.24, 2.45) is 0 Å². The first-order valence-electron chi connectivity index (χ1n) is 17.3. The Hall–Kier alpha value is -5.82. The molecule has 0 saturated carbocycles. The maximum absolute atomic E-state index is 5.91. The molecule has 0 unspecified atom stereocenters. The molecule has 1 aliphatic rings. The Bertz CT molecular complexity index is 2930. The van der Waals surface area contributed by atoms with Gasteiger partial charge in [-0.25, -0.2) is 0 Å². The fraction of sp³-hybridized carbons (Fsp3) is 0. The van der Waals surface area contributed by atoms with Crippen molar-refractivity contribution in [3.05, 3.63) is 176 Å². The summed E-state index contributed by atoms with van der Waals surface area (Å²) in [6.07, 6.45) is 0. The summed E-state index contributed by atoms with van der Waals surface area (Å²) in [4.78, 5) is 11.6. The van der Waals surface area contributed by atoms with Crippen molar-refractivity contribution >= 4 is 84.3 Å². The predicted octanol–water partition coefficient (Wildman–Crippen LogP) is 8.97. The van der Waals surface area contributed by atoms with Crippen molar-refractivity contribution in [1.82, 2.24) is 14.5 Å². The molecule has 0 radical (unpaired) electrons. The van der Waals surface area contributed by atoms with Gasteiger partial charge in [0.2, 0.25) is 0 Å². The molecule has 51 heavy (non-hydrogen) atoms. The van der Waals surface area contributed by atoms with E-state index in [0.717, 1.165) is 28.2 Å². The van der Waals surface area contributed by atoms with Crippen LogP contribution in [0, 0.1) is 0 Å². The molecule has 3 aromatic heterocycles. The van der Waals surface area contributed by atoms with Crippen LogP contribution in [0.15, 0.2) is 176 Å². The van der Waals surface area contributed by atoms with Crippen LogP contribution in [0.3, 0.4) is 0 Å². The van der Waals surface area contributed by atoms with Crippen LogP contribution in [0.5, 0.6) is 0 Å². The van der Waals surface area contributed by atoms with Crippen molar-refractivity contribution in [1.29, 1.82) is 0 Å². The number of hydrogen-bond donors (Lipinski definition) is 0. The molecule has 3 nitrogen and oxygen atoms in total. The maximum atomic E-state index is 5.91. The first-order chi connectivity index (χ1) is 25.3. The molecule has 4 heterocycles. The van der Waals surface area contributed by atoms with Gasteiger partial charge in [-0.2, -0.15) is 0 Å². The SMILES string of the molecule is c1ccc(-c2nc(-n3c4ccccc4c4ccc5sc6ccccc6c5c43)n[c]3c2-c2cccc[c]2[Ge]3([c]2ccccc2)[c]2ccccc2)cc1. The number of para-hydroxylation sites is 1. The molecule has 1 aliphatic heterocycles. The summed E-state index contributed by atoms with van der Waals surface area (Å²) in [5.74, 6) is 0.719. The summed E-state index contributed by atoms with van der Waals surface area (Å²) in [5, 5.41) is 4.95.